The maximum atomic E-state index is 12.1. The molecule has 0 aliphatic heterocycles. The van der Waals surface area contributed by atoms with Gasteiger partial charge in [-0.1, -0.05) is 17.7 Å². The number of amides is 3. The minimum absolute atomic E-state index is 0.0171. The number of nitrogens with zero attached hydrogens (tertiary/aromatic N) is 1. The first-order chi connectivity index (χ1) is 12.8. The Labute approximate surface area is 161 Å². The maximum absolute atomic E-state index is 12.1. The van der Waals surface area contributed by atoms with Gasteiger partial charge in [0, 0.05) is 34.6 Å². The molecule has 2 rings (SSSR count). The Morgan fingerprint density at radius 1 is 0.963 bits per heavy atom. The Kier molecular flexibility index (Phi) is 7.08. The lowest BCUT2D eigenvalue weighted by Crippen LogP contribution is -2.21. The van der Waals surface area contributed by atoms with Crippen LogP contribution in [0.25, 0.3) is 0 Å². The molecule has 0 atom stereocenters. The van der Waals surface area contributed by atoms with Gasteiger partial charge in [-0.25, -0.2) is 5.43 Å². The molecule has 0 unspecified atom stereocenters. The zero-order valence-corrected chi connectivity index (χ0v) is 15.6. The summed E-state index contributed by atoms with van der Waals surface area (Å²) in [6.45, 7) is 3.06. The van der Waals surface area contributed by atoms with Crippen LogP contribution in [-0.2, 0) is 9.59 Å². The lowest BCUT2D eigenvalue weighted by molar-refractivity contribution is -0.115. The number of carbonyl (C=O) groups excluding carboxylic acids is 3. The molecule has 8 heteroatoms. The van der Waals surface area contributed by atoms with Gasteiger partial charge >= 0.3 is 0 Å². The summed E-state index contributed by atoms with van der Waals surface area (Å²) in [4.78, 5) is 35.0. The summed E-state index contributed by atoms with van der Waals surface area (Å²) < 4.78 is 0. The molecule has 140 valence electrons. The first kappa shape index (κ1) is 20.1. The summed E-state index contributed by atoms with van der Waals surface area (Å²) in [6.07, 6.45) is 0.0171. The highest BCUT2D eigenvalue weighted by Gasteiger charge is 2.08. The highest BCUT2D eigenvalue weighted by atomic mass is 35.5. The lowest BCUT2D eigenvalue weighted by Gasteiger charge is -2.07. The largest absolute Gasteiger partial charge is 0.326 e. The van der Waals surface area contributed by atoms with E-state index in [-0.39, 0.29) is 18.2 Å². The van der Waals surface area contributed by atoms with Crippen molar-refractivity contribution in [3.63, 3.8) is 0 Å². The SMILES string of the molecule is CC(=O)Nc1ccc(NC(=O)C/C(C)=N/NC(=O)c2cccc(Cl)c2)cc1. The zero-order chi connectivity index (χ0) is 19.8. The third kappa shape index (κ3) is 6.91. The fourth-order valence-electron chi connectivity index (χ4n) is 2.16. The van der Waals surface area contributed by atoms with Crippen LogP contribution in [0.2, 0.25) is 5.02 Å². The topological polar surface area (TPSA) is 99.7 Å². The van der Waals surface area contributed by atoms with Crippen LogP contribution >= 0.6 is 11.6 Å². The highest BCUT2D eigenvalue weighted by Crippen LogP contribution is 2.14. The number of anilines is 2. The van der Waals surface area contributed by atoms with E-state index in [4.69, 9.17) is 11.6 Å². The zero-order valence-electron chi connectivity index (χ0n) is 14.9. The van der Waals surface area contributed by atoms with Gasteiger partial charge in [0.1, 0.15) is 0 Å². The molecule has 27 heavy (non-hydrogen) atoms. The molecule has 0 spiro atoms. The van der Waals surface area contributed by atoms with Crippen molar-refractivity contribution in [2.24, 2.45) is 5.10 Å². The molecule has 0 aliphatic rings. The molecule has 0 saturated heterocycles. The van der Waals surface area contributed by atoms with Crippen LogP contribution in [0.5, 0.6) is 0 Å². The molecule has 7 nitrogen and oxygen atoms in total. The molecule has 0 saturated carbocycles. The number of hydrogen-bond donors (Lipinski definition) is 3. The van der Waals surface area contributed by atoms with Gasteiger partial charge in [-0.15, -0.1) is 0 Å². The quantitative estimate of drug-likeness (QED) is 0.523. The second-order valence-electron chi connectivity index (χ2n) is 5.78. The standard InChI is InChI=1S/C19H19ClN4O3/c1-12(23-24-19(27)14-4-3-5-15(20)11-14)10-18(26)22-17-8-6-16(7-9-17)21-13(2)25/h3-9,11H,10H2,1-2H3,(H,21,25)(H,22,26)(H,24,27)/b23-12+. The average molecular weight is 387 g/mol. The summed E-state index contributed by atoms with van der Waals surface area (Å²) in [6, 6.07) is 13.2. The van der Waals surface area contributed by atoms with Crippen molar-refractivity contribution < 1.29 is 14.4 Å². The summed E-state index contributed by atoms with van der Waals surface area (Å²) in [7, 11) is 0. The fraction of sp³-hybridized carbons (Fsp3) is 0.158. The van der Waals surface area contributed by atoms with Crippen LogP contribution in [0.3, 0.4) is 0 Å². The maximum Gasteiger partial charge on any atom is 0.271 e. The first-order valence-electron chi connectivity index (χ1n) is 8.10. The molecule has 3 amide bonds. The predicted molar refractivity (Wildman–Crippen MR) is 106 cm³/mol. The van der Waals surface area contributed by atoms with Crippen molar-refractivity contribution in [2.45, 2.75) is 20.3 Å². The second kappa shape index (κ2) is 9.49. The third-order valence-electron chi connectivity index (χ3n) is 3.34. The number of rotatable bonds is 6. The molecule has 0 bridgehead atoms. The fourth-order valence-corrected chi connectivity index (χ4v) is 2.35. The minimum atomic E-state index is -0.411. The van der Waals surface area contributed by atoms with E-state index in [1.807, 2.05) is 0 Å². The lowest BCUT2D eigenvalue weighted by atomic mass is 10.2. The van der Waals surface area contributed by atoms with Gasteiger partial charge in [-0.2, -0.15) is 5.10 Å². The molecule has 0 aromatic heterocycles. The Morgan fingerprint density at radius 3 is 2.19 bits per heavy atom. The van der Waals surface area contributed by atoms with Gasteiger partial charge < -0.3 is 10.6 Å². The molecular weight excluding hydrogens is 368 g/mol. The number of nitrogens with one attached hydrogen (secondary N) is 3. The van der Waals surface area contributed by atoms with Crippen LogP contribution in [0, 0.1) is 0 Å². The van der Waals surface area contributed by atoms with Crippen molar-refractivity contribution >= 4 is 46.4 Å². The van der Waals surface area contributed by atoms with Crippen molar-refractivity contribution in [1.29, 1.82) is 0 Å². The van der Waals surface area contributed by atoms with E-state index in [0.29, 0.717) is 27.7 Å². The van der Waals surface area contributed by atoms with Crippen LogP contribution in [0.1, 0.15) is 30.6 Å². The van der Waals surface area contributed by atoms with Crippen molar-refractivity contribution in [2.75, 3.05) is 10.6 Å². The minimum Gasteiger partial charge on any atom is -0.326 e. The van der Waals surface area contributed by atoms with E-state index >= 15 is 0 Å². The molecule has 0 aliphatic carbocycles. The highest BCUT2D eigenvalue weighted by molar-refractivity contribution is 6.31. The van der Waals surface area contributed by atoms with E-state index in [1.165, 1.54) is 13.0 Å². The summed E-state index contributed by atoms with van der Waals surface area (Å²) >= 11 is 5.84. The smallest absolute Gasteiger partial charge is 0.271 e. The first-order valence-corrected chi connectivity index (χ1v) is 8.48. The van der Waals surface area contributed by atoms with E-state index in [2.05, 4.69) is 21.2 Å². The van der Waals surface area contributed by atoms with Gasteiger partial charge in [-0.3, -0.25) is 14.4 Å². The van der Waals surface area contributed by atoms with Gasteiger partial charge in [-0.05, 0) is 49.4 Å². The van der Waals surface area contributed by atoms with Gasteiger partial charge in [0.2, 0.25) is 11.8 Å². The number of hydrogen-bond acceptors (Lipinski definition) is 4. The molecule has 2 aromatic carbocycles. The van der Waals surface area contributed by atoms with Gasteiger partial charge in [0.05, 0.1) is 6.42 Å². The Morgan fingerprint density at radius 2 is 1.59 bits per heavy atom. The van der Waals surface area contributed by atoms with Gasteiger partial charge in [0.15, 0.2) is 0 Å². The summed E-state index contributed by atoms with van der Waals surface area (Å²) in [5.74, 6) is -0.857. The van der Waals surface area contributed by atoms with Crippen LogP contribution in [0.15, 0.2) is 53.6 Å². The Balaban J connectivity index is 1.86. The Bertz CT molecular complexity index is 879. The molecule has 0 fully saturated rings. The van der Waals surface area contributed by atoms with Crippen LogP contribution in [0.4, 0.5) is 11.4 Å². The summed E-state index contributed by atoms with van der Waals surface area (Å²) in [5.41, 5.74) is 4.44. The van der Waals surface area contributed by atoms with Crippen molar-refractivity contribution in [3.05, 3.63) is 59.1 Å². The monoisotopic (exact) mass is 386 g/mol. The van der Waals surface area contributed by atoms with Crippen molar-refractivity contribution in [3.8, 4) is 0 Å². The van der Waals surface area contributed by atoms with Gasteiger partial charge in [0.25, 0.3) is 5.91 Å². The van der Waals surface area contributed by atoms with E-state index < -0.39 is 5.91 Å². The third-order valence-corrected chi connectivity index (χ3v) is 3.58. The molecule has 0 radical (unpaired) electrons. The Hall–Kier alpha value is -3.19. The molecule has 0 heterocycles. The normalized spacial score (nSPS) is 10.9. The summed E-state index contributed by atoms with van der Waals surface area (Å²) in [5, 5.41) is 9.74. The average Bonchev–Trinajstić information content (AvgIpc) is 2.61. The molecule has 2 aromatic rings. The number of halogens is 1. The van der Waals surface area contributed by atoms with Crippen molar-refractivity contribution in [1.82, 2.24) is 5.43 Å². The molecular formula is C19H19ClN4O3. The predicted octanol–water partition coefficient (Wildman–Crippen LogP) is 3.43. The number of carbonyl (C=O) groups is 3. The second-order valence-corrected chi connectivity index (χ2v) is 6.22. The van der Waals surface area contributed by atoms with E-state index in [0.717, 1.165) is 0 Å². The number of benzene rings is 2. The van der Waals surface area contributed by atoms with E-state index in [9.17, 15) is 14.4 Å². The van der Waals surface area contributed by atoms with Crippen LogP contribution in [-0.4, -0.2) is 23.4 Å². The molecule has 3 N–H and O–H groups in total. The number of hydrazone groups is 1. The van der Waals surface area contributed by atoms with Crippen LogP contribution < -0.4 is 16.1 Å². The van der Waals surface area contributed by atoms with E-state index in [1.54, 1.807) is 49.4 Å².